The van der Waals surface area contributed by atoms with E-state index in [1.807, 2.05) is 25.1 Å². The van der Waals surface area contributed by atoms with Crippen molar-refractivity contribution in [2.24, 2.45) is 0 Å². The van der Waals surface area contributed by atoms with E-state index in [1.54, 1.807) is 30.3 Å². The second kappa shape index (κ2) is 7.17. The molecule has 0 saturated carbocycles. The van der Waals surface area contributed by atoms with Crippen LogP contribution < -0.4 is 4.74 Å². The fraction of sp³-hybridized carbons (Fsp3) is 0.118. The molecular weight excluding hydrogens is 305 g/mol. The zero-order chi connectivity index (χ0) is 15.2. The van der Waals surface area contributed by atoms with Crippen LogP contribution in [0.5, 0.6) is 5.75 Å². The molecule has 0 heterocycles. The highest BCUT2D eigenvalue weighted by Crippen LogP contribution is 2.27. The predicted molar refractivity (Wildman–Crippen MR) is 87.6 cm³/mol. The maximum absolute atomic E-state index is 9.31. The van der Waals surface area contributed by atoms with Crippen LogP contribution in [0.25, 0.3) is 11.6 Å². The van der Waals surface area contributed by atoms with Gasteiger partial charge in [0.1, 0.15) is 5.75 Å². The van der Waals surface area contributed by atoms with Crippen LogP contribution in [0.4, 0.5) is 0 Å². The van der Waals surface area contributed by atoms with Gasteiger partial charge in [0.25, 0.3) is 0 Å². The molecule has 0 amide bonds. The molecular formula is C17H13Cl2NO. The summed E-state index contributed by atoms with van der Waals surface area (Å²) in [4.78, 5) is 0. The molecule has 2 rings (SSSR count). The normalized spacial score (nSPS) is 11.0. The number of halogens is 2. The lowest BCUT2D eigenvalue weighted by Crippen LogP contribution is -1.92. The number of rotatable bonds is 4. The van der Waals surface area contributed by atoms with Gasteiger partial charge in [-0.05, 0) is 48.4 Å². The minimum Gasteiger partial charge on any atom is -0.492 e. The molecule has 0 bridgehead atoms. The van der Waals surface area contributed by atoms with Crippen molar-refractivity contribution in [2.75, 3.05) is 6.61 Å². The van der Waals surface area contributed by atoms with E-state index in [1.165, 1.54) is 0 Å². The molecule has 2 aromatic rings. The van der Waals surface area contributed by atoms with E-state index in [4.69, 9.17) is 27.9 Å². The summed E-state index contributed by atoms with van der Waals surface area (Å²) < 4.78 is 5.39. The number of hydrogen-bond donors (Lipinski definition) is 0. The van der Waals surface area contributed by atoms with Gasteiger partial charge in [0, 0.05) is 5.02 Å². The van der Waals surface area contributed by atoms with Gasteiger partial charge in [-0.15, -0.1) is 0 Å². The molecule has 0 fully saturated rings. The summed E-state index contributed by atoms with van der Waals surface area (Å²) in [6.07, 6.45) is 1.78. The van der Waals surface area contributed by atoms with Crippen LogP contribution in [0.1, 0.15) is 18.1 Å². The van der Waals surface area contributed by atoms with E-state index < -0.39 is 0 Å². The molecule has 2 aromatic carbocycles. The zero-order valence-electron chi connectivity index (χ0n) is 11.4. The molecule has 2 nitrogen and oxygen atoms in total. The molecule has 0 aliphatic carbocycles. The first-order valence-corrected chi connectivity index (χ1v) is 7.19. The van der Waals surface area contributed by atoms with Crippen LogP contribution in [0, 0.1) is 11.3 Å². The minimum atomic E-state index is 0.527. The SMILES string of the molecule is CCOc1ccc(/C=C(\C#N)c2ccc(Cl)cc2)cc1Cl. The lowest BCUT2D eigenvalue weighted by molar-refractivity contribution is 0.340. The maximum Gasteiger partial charge on any atom is 0.137 e. The number of hydrogen-bond acceptors (Lipinski definition) is 2. The Kier molecular flexibility index (Phi) is 5.27. The van der Waals surface area contributed by atoms with E-state index in [9.17, 15) is 5.26 Å². The van der Waals surface area contributed by atoms with Gasteiger partial charge < -0.3 is 4.74 Å². The third kappa shape index (κ3) is 4.01. The standard InChI is InChI=1S/C17H13Cl2NO/c1-2-21-17-8-3-12(10-16(17)19)9-14(11-20)13-4-6-15(18)7-5-13/h3-10H,2H2,1H3/b14-9+. The Morgan fingerprint density at radius 1 is 1.19 bits per heavy atom. The number of nitrogens with zero attached hydrogens (tertiary/aromatic N) is 1. The second-order valence-corrected chi connectivity index (χ2v) is 5.14. The Balaban J connectivity index is 2.34. The molecule has 106 valence electrons. The number of nitriles is 1. The highest BCUT2D eigenvalue weighted by Gasteiger charge is 2.04. The van der Waals surface area contributed by atoms with Gasteiger partial charge in [0.2, 0.25) is 0 Å². The topological polar surface area (TPSA) is 33.0 Å². The average molecular weight is 318 g/mol. The van der Waals surface area contributed by atoms with Gasteiger partial charge in [-0.2, -0.15) is 5.26 Å². The fourth-order valence-corrected chi connectivity index (χ4v) is 2.23. The van der Waals surface area contributed by atoms with Crippen LogP contribution >= 0.6 is 23.2 Å². The van der Waals surface area contributed by atoms with E-state index in [-0.39, 0.29) is 0 Å². The molecule has 0 radical (unpaired) electrons. The summed E-state index contributed by atoms with van der Waals surface area (Å²) in [5.41, 5.74) is 2.20. The van der Waals surface area contributed by atoms with E-state index >= 15 is 0 Å². The van der Waals surface area contributed by atoms with Crippen molar-refractivity contribution >= 4 is 34.9 Å². The summed E-state index contributed by atoms with van der Waals surface area (Å²) in [6.45, 7) is 2.46. The van der Waals surface area contributed by atoms with Crippen molar-refractivity contribution in [1.29, 1.82) is 5.26 Å². The van der Waals surface area contributed by atoms with Crippen molar-refractivity contribution in [3.8, 4) is 11.8 Å². The number of ether oxygens (including phenoxy) is 1. The average Bonchev–Trinajstić information content (AvgIpc) is 2.48. The first-order valence-electron chi connectivity index (χ1n) is 6.44. The zero-order valence-corrected chi connectivity index (χ0v) is 12.9. The molecule has 0 aromatic heterocycles. The van der Waals surface area contributed by atoms with Crippen LogP contribution in [-0.4, -0.2) is 6.61 Å². The van der Waals surface area contributed by atoms with Crippen LogP contribution in [0.3, 0.4) is 0 Å². The van der Waals surface area contributed by atoms with Crippen molar-refractivity contribution in [3.63, 3.8) is 0 Å². The molecule has 0 atom stereocenters. The van der Waals surface area contributed by atoms with Gasteiger partial charge in [0.15, 0.2) is 0 Å². The van der Waals surface area contributed by atoms with Gasteiger partial charge in [-0.25, -0.2) is 0 Å². The van der Waals surface area contributed by atoms with Gasteiger partial charge in [0.05, 0.1) is 23.3 Å². The Morgan fingerprint density at radius 2 is 1.90 bits per heavy atom. The largest absolute Gasteiger partial charge is 0.492 e. The highest BCUT2D eigenvalue weighted by atomic mass is 35.5. The molecule has 0 saturated heterocycles. The number of allylic oxidation sites excluding steroid dienone is 1. The molecule has 0 aliphatic rings. The second-order valence-electron chi connectivity index (χ2n) is 4.30. The van der Waals surface area contributed by atoms with Crippen molar-refractivity contribution < 1.29 is 4.74 Å². The fourth-order valence-electron chi connectivity index (χ4n) is 1.86. The lowest BCUT2D eigenvalue weighted by atomic mass is 10.0. The molecule has 0 aliphatic heterocycles. The summed E-state index contributed by atoms with van der Waals surface area (Å²) in [5.74, 6) is 0.640. The van der Waals surface area contributed by atoms with Gasteiger partial charge in [-0.3, -0.25) is 0 Å². The van der Waals surface area contributed by atoms with Crippen molar-refractivity contribution in [2.45, 2.75) is 6.92 Å². The van der Waals surface area contributed by atoms with Crippen molar-refractivity contribution in [1.82, 2.24) is 0 Å². The van der Waals surface area contributed by atoms with Crippen LogP contribution in [-0.2, 0) is 0 Å². The molecule has 0 spiro atoms. The van der Waals surface area contributed by atoms with Gasteiger partial charge in [-0.1, -0.05) is 41.4 Å². The lowest BCUT2D eigenvalue weighted by Gasteiger charge is -2.06. The third-order valence-electron chi connectivity index (χ3n) is 2.84. The third-order valence-corrected chi connectivity index (χ3v) is 3.39. The summed E-state index contributed by atoms with van der Waals surface area (Å²) in [5, 5.41) is 10.5. The van der Waals surface area contributed by atoms with Crippen LogP contribution in [0.15, 0.2) is 42.5 Å². The Hall–Kier alpha value is -1.95. The smallest absolute Gasteiger partial charge is 0.137 e. The quantitative estimate of drug-likeness (QED) is 0.554. The van der Waals surface area contributed by atoms with Crippen molar-refractivity contribution in [3.05, 3.63) is 63.6 Å². The minimum absolute atomic E-state index is 0.527. The Bertz CT molecular complexity index is 700. The molecule has 0 unspecified atom stereocenters. The monoisotopic (exact) mass is 317 g/mol. The van der Waals surface area contributed by atoms with E-state index in [0.29, 0.717) is 28.0 Å². The maximum atomic E-state index is 9.31. The summed E-state index contributed by atoms with van der Waals surface area (Å²) >= 11 is 12.0. The Labute approximate surface area is 134 Å². The van der Waals surface area contributed by atoms with E-state index in [2.05, 4.69) is 6.07 Å². The first kappa shape index (κ1) is 15.4. The summed E-state index contributed by atoms with van der Waals surface area (Å²) in [6, 6.07) is 14.8. The first-order chi connectivity index (χ1) is 10.1. The van der Waals surface area contributed by atoms with Gasteiger partial charge >= 0.3 is 0 Å². The Morgan fingerprint density at radius 3 is 2.48 bits per heavy atom. The summed E-state index contributed by atoms with van der Waals surface area (Å²) in [7, 11) is 0. The molecule has 0 N–H and O–H groups in total. The molecule has 4 heteroatoms. The molecule has 21 heavy (non-hydrogen) atoms. The van der Waals surface area contributed by atoms with Crippen LogP contribution in [0.2, 0.25) is 10.0 Å². The predicted octanol–water partition coefficient (Wildman–Crippen LogP) is 5.46. The van der Waals surface area contributed by atoms with E-state index in [0.717, 1.165) is 11.1 Å². The highest BCUT2D eigenvalue weighted by molar-refractivity contribution is 6.32. The number of benzene rings is 2.